The molecule has 2 N–H and O–H groups in total. The van der Waals surface area contributed by atoms with Gasteiger partial charge in [-0.1, -0.05) is 37.1 Å². The molecule has 0 aromatic heterocycles. The van der Waals surface area contributed by atoms with Crippen molar-refractivity contribution in [3.8, 4) is 0 Å². The van der Waals surface area contributed by atoms with Crippen LogP contribution in [0.3, 0.4) is 0 Å². The van der Waals surface area contributed by atoms with Gasteiger partial charge in [0.25, 0.3) is 0 Å². The van der Waals surface area contributed by atoms with Crippen LogP contribution < -0.4 is 0 Å². The van der Waals surface area contributed by atoms with E-state index in [1.807, 2.05) is 26.8 Å². The van der Waals surface area contributed by atoms with Gasteiger partial charge in [0.1, 0.15) is 5.60 Å². The number of epoxide rings is 1. The summed E-state index contributed by atoms with van der Waals surface area (Å²) in [5.41, 5.74) is 2.51. The number of hydrogen-bond acceptors (Lipinski definition) is 4. The van der Waals surface area contributed by atoms with E-state index in [4.69, 9.17) is 9.84 Å². The molecule has 1 fully saturated rings. The third-order valence-corrected chi connectivity index (χ3v) is 5.09. The van der Waals surface area contributed by atoms with Gasteiger partial charge in [-0.3, -0.25) is 4.79 Å². The van der Waals surface area contributed by atoms with Crippen LogP contribution in [0.15, 0.2) is 34.9 Å². The van der Waals surface area contributed by atoms with Crippen LogP contribution in [-0.2, 0) is 9.53 Å². The van der Waals surface area contributed by atoms with Gasteiger partial charge in [-0.25, -0.2) is 0 Å². The van der Waals surface area contributed by atoms with Gasteiger partial charge in [0, 0.05) is 0 Å². The Morgan fingerprint density at radius 1 is 1.20 bits per heavy atom. The van der Waals surface area contributed by atoms with Crippen molar-refractivity contribution in [1.82, 2.24) is 0 Å². The maximum atomic E-state index is 12.1. The van der Waals surface area contributed by atoms with Crippen molar-refractivity contribution >= 4 is 5.78 Å². The number of carbonyl (C=O) groups excluding carboxylic acids is 1. The largest absolute Gasteiger partial charge is 0.393 e. The van der Waals surface area contributed by atoms with E-state index in [9.17, 15) is 9.90 Å². The molecule has 2 atom stereocenters. The second-order valence-corrected chi connectivity index (χ2v) is 7.43. The quantitative estimate of drug-likeness (QED) is 0.338. The Balaban J connectivity index is 2.49. The topological polar surface area (TPSA) is 70.1 Å². The predicted molar refractivity (Wildman–Crippen MR) is 101 cm³/mol. The van der Waals surface area contributed by atoms with Crippen LogP contribution in [0.1, 0.15) is 60.3 Å². The van der Waals surface area contributed by atoms with E-state index < -0.39 is 5.60 Å². The first-order valence-corrected chi connectivity index (χ1v) is 9.20. The molecule has 0 aliphatic carbocycles. The highest BCUT2D eigenvalue weighted by Crippen LogP contribution is 2.43. The van der Waals surface area contributed by atoms with Gasteiger partial charge in [0.2, 0.25) is 0 Å². The lowest BCUT2D eigenvalue weighted by atomic mass is 9.95. The molecule has 1 rings (SSSR count). The lowest BCUT2D eigenvalue weighted by Crippen LogP contribution is -2.20. The summed E-state index contributed by atoms with van der Waals surface area (Å²) in [5, 5.41) is 18.6. The van der Waals surface area contributed by atoms with Crippen LogP contribution >= 0.6 is 0 Å². The van der Waals surface area contributed by atoms with Crippen molar-refractivity contribution in [3.05, 3.63) is 34.9 Å². The number of allylic oxidation sites excluding steroid dienone is 5. The second-order valence-electron chi connectivity index (χ2n) is 7.43. The molecule has 4 nitrogen and oxygen atoms in total. The number of aliphatic hydroxyl groups is 2. The smallest absolute Gasteiger partial charge is 0.181 e. The predicted octanol–water partition coefficient (Wildman–Crippen LogP) is 3.73. The first-order valence-electron chi connectivity index (χ1n) is 9.20. The highest BCUT2D eigenvalue weighted by atomic mass is 16.6. The van der Waals surface area contributed by atoms with Crippen LogP contribution in [0.2, 0.25) is 0 Å². The number of hydrogen-bond donors (Lipinski definition) is 2. The molecule has 1 aliphatic rings. The van der Waals surface area contributed by atoms with E-state index in [1.165, 1.54) is 0 Å². The van der Waals surface area contributed by atoms with Gasteiger partial charge >= 0.3 is 0 Å². The molecule has 0 amide bonds. The number of carbonyl (C=O) groups is 1. The van der Waals surface area contributed by atoms with Crippen molar-refractivity contribution in [3.63, 3.8) is 0 Å². The number of ketones is 1. The van der Waals surface area contributed by atoms with Crippen molar-refractivity contribution in [2.24, 2.45) is 5.92 Å². The number of rotatable bonds is 11. The Kier molecular flexibility index (Phi) is 8.77. The first-order chi connectivity index (χ1) is 11.8. The average molecular weight is 350 g/mol. The zero-order valence-electron chi connectivity index (χ0n) is 16.3. The lowest BCUT2D eigenvalue weighted by molar-refractivity contribution is -0.111. The Labute approximate surface area is 152 Å². The number of aliphatic hydroxyl groups excluding tert-OH is 2. The Hall–Kier alpha value is -1.23. The fourth-order valence-electron chi connectivity index (χ4n) is 2.75. The van der Waals surface area contributed by atoms with Gasteiger partial charge in [-0.05, 0) is 64.0 Å². The Morgan fingerprint density at radius 2 is 1.88 bits per heavy atom. The molecule has 1 heterocycles. The van der Waals surface area contributed by atoms with E-state index in [0.717, 1.165) is 29.6 Å². The molecule has 2 unspecified atom stereocenters. The molecular weight excluding hydrogens is 316 g/mol. The SMILES string of the molecule is CC(=CCO)CCC1OC1(CO)CCC=C(C)C(=O)C=C(C)C(C)C. The van der Waals surface area contributed by atoms with Crippen molar-refractivity contribution in [2.75, 3.05) is 13.2 Å². The summed E-state index contributed by atoms with van der Waals surface area (Å²) in [6.07, 6.45) is 8.66. The fraction of sp³-hybridized carbons (Fsp3) is 0.667. The highest BCUT2D eigenvalue weighted by Gasteiger charge is 2.54. The van der Waals surface area contributed by atoms with Crippen molar-refractivity contribution in [2.45, 2.75) is 72.0 Å². The second kappa shape index (κ2) is 10.0. The molecule has 0 aromatic carbocycles. The summed E-state index contributed by atoms with van der Waals surface area (Å²) in [7, 11) is 0. The molecule has 142 valence electrons. The lowest BCUT2D eigenvalue weighted by Gasteiger charge is -2.09. The zero-order valence-corrected chi connectivity index (χ0v) is 16.3. The first kappa shape index (κ1) is 21.8. The molecule has 25 heavy (non-hydrogen) atoms. The number of ether oxygens (including phenoxy) is 1. The molecule has 0 aromatic rings. The summed E-state index contributed by atoms with van der Waals surface area (Å²) in [4.78, 5) is 12.1. The summed E-state index contributed by atoms with van der Waals surface area (Å²) < 4.78 is 5.75. The van der Waals surface area contributed by atoms with Crippen LogP contribution in [0.5, 0.6) is 0 Å². The van der Waals surface area contributed by atoms with Crippen LogP contribution in [0, 0.1) is 5.92 Å². The molecule has 1 saturated heterocycles. The van der Waals surface area contributed by atoms with E-state index >= 15 is 0 Å². The fourth-order valence-corrected chi connectivity index (χ4v) is 2.75. The van der Waals surface area contributed by atoms with E-state index in [0.29, 0.717) is 18.8 Å². The third-order valence-electron chi connectivity index (χ3n) is 5.09. The molecule has 0 saturated carbocycles. The standard InChI is InChI=1S/C21H34O4/c1-15(2)18(5)13-19(24)17(4)7-6-11-21(14-23)20(25-21)9-8-16(3)10-12-22/h7,10,13,15,20,22-23H,6,8-9,11-12,14H2,1-5H3. The summed E-state index contributed by atoms with van der Waals surface area (Å²) >= 11 is 0. The van der Waals surface area contributed by atoms with E-state index in [1.54, 1.807) is 12.2 Å². The minimum Gasteiger partial charge on any atom is -0.393 e. The van der Waals surface area contributed by atoms with E-state index in [2.05, 4.69) is 13.8 Å². The highest BCUT2D eigenvalue weighted by molar-refractivity contribution is 6.03. The minimum atomic E-state index is -0.455. The molecule has 4 heteroatoms. The van der Waals surface area contributed by atoms with Gasteiger partial charge in [-0.2, -0.15) is 0 Å². The molecular formula is C21H34O4. The summed E-state index contributed by atoms with van der Waals surface area (Å²) in [5.74, 6) is 0.431. The van der Waals surface area contributed by atoms with Crippen LogP contribution in [-0.4, -0.2) is 40.9 Å². The van der Waals surface area contributed by atoms with Gasteiger partial charge in [0.15, 0.2) is 5.78 Å². The molecule has 1 aliphatic heterocycles. The van der Waals surface area contributed by atoms with Crippen molar-refractivity contribution in [1.29, 1.82) is 0 Å². The average Bonchev–Trinajstić information content (AvgIpc) is 3.26. The molecule has 0 spiro atoms. The van der Waals surface area contributed by atoms with Gasteiger partial charge in [-0.15, -0.1) is 0 Å². The molecule has 0 bridgehead atoms. The Morgan fingerprint density at radius 3 is 2.44 bits per heavy atom. The van der Waals surface area contributed by atoms with Crippen LogP contribution in [0.25, 0.3) is 0 Å². The third kappa shape index (κ3) is 6.89. The maximum Gasteiger partial charge on any atom is 0.181 e. The van der Waals surface area contributed by atoms with Crippen LogP contribution in [0.4, 0.5) is 0 Å². The summed E-state index contributed by atoms with van der Waals surface area (Å²) in [6, 6.07) is 0. The van der Waals surface area contributed by atoms with Crippen molar-refractivity contribution < 1.29 is 19.7 Å². The normalized spacial score (nSPS) is 24.8. The van der Waals surface area contributed by atoms with Gasteiger partial charge in [0.05, 0.1) is 19.3 Å². The Bertz CT molecular complexity index is 542. The van der Waals surface area contributed by atoms with Gasteiger partial charge < -0.3 is 14.9 Å². The van der Waals surface area contributed by atoms with E-state index in [-0.39, 0.29) is 25.1 Å². The zero-order chi connectivity index (χ0) is 19.0. The molecule has 0 radical (unpaired) electrons. The minimum absolute atomic E-state index is 0.00756. The summed E-state index contributed by atoms with van der Waals surface area (Å²) in [6.45, 7) is 10.0. The monoisotopic (exact) mass is 350 g/mol. The maximum absolute atomic E-state index is 12.1.